The number of fused-ring (bicyclic) bond motifs is 1. The van der Waals surface area contributed by atoms with E-state index in [0.29, 0.717) is 29.6 Å². The summed E-state index contributed by atoms with van der Waals surface area (Å²) >= 11 is 0. The normalized spacial score (nSPS) is 16.2. The maximum atomic E-state index is 13.1. The number of piperidine rings is 1. The second-order valence-electron chi connectivity index (χ2n) is 8.43. The number of nitrogens with two attached hydrogens (primary N) is 1. The Hall–Kier alpha value is -2.91. The topological polar surface area (TPSA) is 110 Å². The number of pyridine rings is 1. The van der Waals surface area contributed by atoms with Gasteiger partial charge in [0.15, 0.2) is 0 Å². The number of hydrogen-bond donors (Lipinski definition) is 2. The van der Waals surface area contributed by atoms with E-state index in [1.807, 2.05) is 30.7 Å². The molecule has 8 nitrogen and oxygen atoms in total. The average Bonchev–Trinajstić information content (AvgIpc) is 3.12. The van der Waals surface area contributed by atoms with Crippen molar-refractivity contribution in [3.63, 3.8) is 0 Å². The number of carbonyl (C=O) groups excluding carboxylic acids is 1. The highest BCUT2D eigenvalue weighted by atomic mass is 32.2. The third-order valence-electron chi connectivity index (χ3n) is 6.11. The minimum absolute atomic E-state index is 0.229. The van der Waals surface area contributed by atoms with Crippen LogP contribution in [0.2, 0.25) is 0 Å². The summed E-state index contributed by atoms with van der Waals surface area (Å²) in [6, 6.07) is 8.11. The molecule has 1 aromatic carbocycles. The lowest BCUT2D eigenvalue weighted by Gasteiger charge is -2.26. The first-order chi connectivity index (χ1) is 15.2. The fourth-order valence-electron chi connectivity index (χ4n) is 4.16. The van der Waals surface area contributed by atoms with Crippen LogP contribution in [0.15, 0.2) is 41.4 Å². The van der Waals surface area contributed by atoms with Gasteiger partial charge in [-0.25, -0.2) is 13.4 Å². The van der Waals surface area contributed by atoms with Crippen LogP contribution in [0, 0.1) is 13.8 Å². The maximum absolute atomic E-state index is 13.1. The summed E-state index contributed by atoms with van der Waals surface area (Å²) in [7, 11) is -3.52. The van der Waals surface area contributed by atoms with Crippen LogP contribution in [0.3, 0.4) is 0 Å². The van der Waals surface area contributed by atoms with Gasteiger partial charge in [-0.15, -0.1) is 0 Å². The van der Waals surface area contributed by atoms with Crippen molar-refractivity contribution >= 4 is 38.5 Å². The number of hydrogen-bond acceptors (Lipinski definition) is 5. The summed E-state index contributed by atoms with van der Waals surface area (Å²) in [5.74, 6) is 0.543. The number of nitrogens with one attached hydrogen (secondary N) is 1. The molecule has 0 saturated carbocycles. The molecule has 3 heterocycles. The van der Waals surface area contributed by atoms with E-state index in [9.17, 15) is 13.2 Å². The van der Waals surface area contributed by atoms with E-state index in [1.165, 1.54) is 0 Å². The lowest BCUT2D eigenvalue weighted by Crippen LogP contribution is -2.35. The zero-order chi connectivity index (χ0) is 23.0. The molecule has 2 aromatic heterocycles. The Morgan fingerprint density at radius 1 is 1.09 bits per heavy atom. The number of sulfonamides is 1. The molecule has 32 heavy (non-hydrogen) atoms. The first-order valence-electron chi connectivity index (χ1n) is 10.8. The molecule has 1 atom stereocenters. The highest BCUT2D eigenvalue weighted by molar-refractivity contribution is 7.89. The Balaban J connectivity index is 1.64. The Morgan fingerprint density at radius 2 is 1.81 bits per heavy atom. The minimum Gasteiger partial charge on any atom is -0.384 e. The number of carbonyl (C=O) groups is 1. The van der Waals surface area contributed by atoms with E-state index in [2.05, 4.69) is 10.3 Å². The van der Waals surface area contributed by atoms with Crippen LogP contribution >= 0.6 is 0 Å². The quantitative estimate of drug-likeness (QED) is 0.611. The first-order valence-corrected chi connectivity index (χ1v) is 12.3. The van der Waals surface area contributed by atoms with Gasteiger partial charge in [-0.3, -0.25) is 4.79 Å². The van der Waals surface area contributed by atoms with E-state index < -0.39 is 16.1 Å². The van der Waals surface area contributed by atoms with Gasteiger partial charge in [0.05, 0.1) is 4.90 Å². The zero-order valence-corrected chi connectivity index (χ0v) is 19.4. The van der Waals surface area contributed by atoms with Crippen molar-refractivity contribution in [3.8, 4) is 0 Å². The predicted octanol–water partition coefficient (Wildman–Crippen LogP) is 3.61. The van der Waals surface area contributed by atoms with Crippen molar-refractivity contribution in [1.82, 2.24) is 13.9 Å². The number of anilines is 2. The van der Waals surface area contributed by atoms with Gasteiger partial charge in [0.25, 0.3) is 0 Å². The molecular formula is C23H29N5O3S. The monoisotopic (exact) mass is 455 g/mol. The van der Waals surface area contributed by atoms with Gasteiger partial charge >= 0.3 is 0 Å². The van der Waals surface area contributed by atoms with Crippen LogP contribution in [0.4, 0.5) is 11.6 Å². The van der Waals surface area contributed by atoms with Crippen LogP contribution in [-0.2, 0) is 14.8 Å². The zero-order valence-electron chi connectivity index (χ0n) is 18.6. The molecule has 3 N–H and O–H groups in total. The molecule has 1 saturated heterocycles. The first kappa shape index (κ1) is 22.3. The maximum Gasteiger partial charge on any atom is 0.248 e. The Morgan fingerprint density at radius 3 is 2.53 bits per heavy atom. The van der Waals surface area contributed by atoms with Crippen molar-refractivity contribution in [1.29, 1.82) is 0 Å². The summed E-state index contributed by atoms with van der Waals surface area (Å²) in [4.78, 5) is 17.4. The molecule has 0 radical (unpaired) electrons. The Kier molecular flexibility index (Phi) is 5.96. The minimum atomic E-state index is -3.52. The van der Waals surface area contributed by atoms with E-state index in [0.717, 1.165) is 41.3 Å². The van der Waals surface area contributed by atoms with Crippen molar-refractivity contribution in [2.45, 2.75) is 51.0 Å². The van der Waals surface area contributed by atoms with Crippen LogP contribution in [0.5, 0.6) is 0 Å². The van der Waals surface area contributed by atoms with E-state index >= 15 is 0 Å². The highest BCUT2D eigenvalue weighted by Crippen LogP contribution is 2.29. The van der Waals surface area contributed by atoms with Gasteiger partial charge in [0.2, 0.25) is 15.9 Å². The van der Waals surface area contributed by atoms with Crippen molar-refractivity contribution < 1.29 is 13.2 Å². The summed E-state index contributed by atoms with van der Waals surface area (Å²) in [5, 5.41) is 3.67. The molecule has 170 valence electrons. The summed E-state index contributed by atoms with van der Waals surface area (Å²) in [6.45, 7) is 6.70. The fraction of sp³-hybridized carbons (Fsp3) is 0.391. The predicted molar refractivity (Wildman–Crippen MR) is 126 cm³/mol. The SMILES string of the molecule is Cc1ccc(N)nc1NC(=O)C(C)n1cc(C)c2cc(S(=O)(=O)N3CCCCC3)ccc21. The van der Waals surface area contributed by atoms with Crippen LogP contribution in [0.1, 0.15) is 43.4 Å². The molecule has 1 aliphatic heterocycles. The largest absolute Gasteiger partial charge is 0.384 e. The standard InChI is InChI=1S/C23H29N5O3S/c1-15-7-10-21(24)25-22(15)26-23(29)17(3)28-14-16(2)19-13-18(8-9-20(19)28)32(30,31)27-11-5-4-6-12-27/h7-10,13-14,17H,4-6,11-12H2,1-3H3,(H3,24,25,26,29). The Bertz CT molecular complexity index is 1280. The average molecular weight is 456 g/mol. The van der Waals surface area contributed by atoms with Crippen molar-refractivity contribution in [2.24, 2.45) is 0 Å². The molecular weight excluding hydrogens is 426 g/mol. The van der Waals surface area contributed by atoms with Gasteiger partial charge in [-0.1, -0.05) is 12.5 Å². The van der Waals surface area contributed by atoms with Gasteiger partial charge < -0.3 is 15.6 Å². The van der Waals surface area contributed by atoms with Crippen molar-refractivity contribution in [3.05, 3.63) is 47.7 Å². The van der Waals surface area contributed by atoms with Gasteiger partial charge in [0.1, 0.15) is 17.7 Å². The fourth-order valence-corrected chi connectivity index (χ4v) is 5.70. The molecule has 1 aliphatic rings. The van der Waals surface area contributed by atoms with Gasteiger partial charge in [0, 0.05) is 30.2 Å². The lowest BCUT2D eigenvalue weighted by molar-refractivity contribution is -0.118. The smallest absolute Gasteiger partial charge is 0.248 e. The number of aromatic nitrogens is 2. The number of nitrogen functional groups attached to an aromatic ring is 1. The number of rotatable bonds is 5. The van der Waals surface area contributed by atoms with Crippen LogP contribution in [0.25, 0.3) is 10.9 Å². The number of amides is 1. The molecule has 3 aromatic rings. The molecule has 1 amide bonds. The summed E-state index contributed by atoms with van der Waals surface area (Å²) in [6.07, 6.45) is 4.74. The molecule has 0 spiro atoms. The molecule has 9 heteroatoms. The van der Waals surface area contributed by atoms with Crippen LogP contribution < -0.4 is 11.1 Å². The van der Waals surface area contributed by atoms with E-state index in [-0.39, 0.29) is 5.91 Å². The van der Waals surface area contributed by atoms with Gasteiger partial charge in [-0.05, 0) is 69.0 Å². The van der Waals surface area contributed by atoms with E-state index in [4.69, 9.17) is 5.73 Å². The van der Waals surface area contributed by atoms with Gasteiger partial charge in [-0.2, -0.15) is 4.31 Å². The lowest BCUT2D eigenvalue weighted by atomic mass is 10.2. The molecule has 4 rings (SSSR count). The number of aryl methyl sites for hydroxylation is 2. The number of nitrogens with zero attached hydrogens (tertiary/aromatic N) is 3. The van der Waals surface area contributed by atoms with Crippen LogP contribution in [-0.4, -0.2) is 41.3 Å². The molecule has 1 unspecified atom stereocenters. The van der Waals surface area contributed by atoms with Crippen molar-refractivity contribution in [2.75, 3.05) is 24.1 Å². The van der Waals surface area contributed by atoms with E-state index in [1.54, 1.807) is 35.5 Å². The third kappa shape index (κ3) is 4.10. The Labute approximate surface area is 188 Å². The number of benzene rings is 1. The summed E-state index contributed by atoms with van der Waals surface area (Å²) in [5.41, 5.74) is 8.29. The molecule has 0 bridgehead atoms. The third-order valence-corrected chi connectivity index (χ3v) is 8.01. The second kappa shape index (κ2) is 8.55. The summed E-state index contributed by atoms with van der Waals surface area (Å²) < 4.78 is 29.6. The molecule has 1 fully saturated rings. The highest BCUT2D eigenvalue weighted by Gasteiger charge is 2.27. The molecule has 0 aliphatic carbocycles. The second-order valence-corrected chi connectivity index (χ2v) is 10.4.